The smallest absolute Gasteiger partial charge is 0.125 e. The maximum Gasteiger partial charge on any atom is 0.125 e. The fourth-order valence-corrected chi connectivity index (χ4v) is 2.28. The Balaban J connectivity index is 2.16. The third-order valence-electron chi connectivity index (χ3n) is 2.43. The molecule has 0 atom stereocenters. The second-order valence-electron chi connectivity index (χ2n) is 3.69. The van der Waals surface area contributed by atoms with Crippen LogP contribution in [0.15, 0.2) is 40.9 Å². The van der Waals surface area contributed by atoms with Gasteiger partial charge in [0.2, 0.25) is 0 Å². The normalized spacial score (nSPS) is 10.4. The summed E-state index contributed by atoms with van der Waals surface area (Å²) in [6.45, 7) is 0.474. The molecular formula is C13H9BrCl2FN. The van der Waals surface area contributed by atoms with E-state index in [0.29, 0.717) is 22.3 Å². The van der Waals surface area contributed by atoms with Gasteiger partial charge in [-0.05, 0) is 45.8 Å². The van der Waals surface area contributed by atoms with Crippen molar-refractivity contribution < 1.29 is 4.39 Å². The summed E-state index contributed by atoms with van der Waals surface area (Å²) < 4.78 is 13.9. The second-order valence-corrected chi connectivity index (χ2v) is 5.33. The van der Waals surface area contributed by atoms with Crippen LogP contribution in [0.25, 0.3) is 0 Å². The first-order valence-electron chi connectivity index (χ1n) is 5.20. The van der Waals surface area contributed by atoms with Crippen LogP contribution in [0.3, 0.4) is 0 Å². The lowest BCUT2D eigenvalue weighted by Crippen LogP contribution is -2.01. The third-order valence-corrected chi connectivity index (χ3v) is 3.98. The van der Waals surface area contributed by atoms with Crippen LogP contribution in [0.4, 0.5) is 10.1 Å². The zero-order valence-corrected chi connectivity index (χ0v) is 12.3. The average Bonchev–Trinajstić information content (AvgIpc) is 2.35. The summed E-state index contributed by atoms with van der Waals surface area (Å²) in [5, 5.41) is 4.13. The highest BCUT2D eigenvalue weighted by molar-refractivity contribution is 9.10. The van der Waals surface area contributed by atoms with Gasteiger partial charge in [0.25, 0.3) is 0 Å². The van der Waals surface area contributed by atoms with Crippen LogP contribution in [-0.2, 0) is 6.54 Å². The van der Waals surface area contributed by atoms with Crippen LogP contribution in [0.5, 0.6) is 0 Å². The molecule has 1 N–H and O–H groups in total. The van der Waals surface area contributed by atoms with Crippen LogP contribution in [0.2, 0.25) is 10.0 Å². The SMILES string of the molecule is Fc1ccc(Br)c(NCc2cccc(Cl)c2Cl)c1. The quantitative estimate of drug-likeness (QED) is 0.771. The van der Waals surface area contributed by atoms with Gasteiger partial charge in [0.1, 0.15) is 5.82 Å². The Morgan fingerprint density at radius 2 is 1.94 bits per heavy atom. The molecule has 5 heteroatoms. The molecule has 94 valence electrons. The molecule has 0 saturated carbocycles. The van der Waals surface area contributed by atoms with Crippen molar-refractivity contribution in [3.63, 3.8) is 0 Å². The Morgan fingerprint density at radius 1 is 1.17 bits per heavy atom. The second kappa shape index (κ2) is 5.91. The van der Waals surface area contributed by atoms with E-state index in [1.807, 2.05) is 12.1 Å². The zero-order valence-electron chi connectivity index (χ0n) is 9.18. The zero-order chi connectivity index (χ0) is 13.1. The van der Waals surface area contributed by atoms with E-state index in [2.05, 4.69) is 21.2 Å². The van der Waals surface area contributed by atoms with E-state index >= 15 is 0 Å². The maximum absolute atomic E-state index is 13.1. The van der Waals surface area contributed by atoms with Gasteiger partial charge in [0, 0.05) is 11.0 Å². The van der Waals surface area contributed by atoms with Gasteiger partial charge in [-0.3, -0.25) is 0 Å². The number of nitrogens with one attached hydrogen (secondary N) is 1. The van der Waals surface area contributed by atoms with Crippen molar-refractivity contribution >= 4 is 44.8 Å². The lowest BCUT2D eigenvalue weighted by atomic mass is 10.2. The van der Waals surface area contributed by atoms with E-state index in [4.69, 9.17) is 23.2 Å². The van der Waals surface area contributed by atoms with Gasteiger partial charge in [-0.15, -0.1) is 0 Å². The predicted octanol–water partition coefficient (Wildman–Crippen LogP) is 5.51. The molecule has 2 rings (SSSR count). The predicted molar refractivity (Wildman–Crippen MR) is 77.9 cm³/mol. The van der Waals surface area contributed by atoms with Gasteiger partial charge in [0.15, 0.2) is 0 Å². The third kappa shape index (κ3) is 3.16. The molecule has 0 aromatic heterocycles. The molecule has 2 aromatic rings. The van der Waals surface area contributed by atoms with Crippen molar-refractivity contribution in [2.45, 2.75) is 6.54 Å². The minimum Gasteiger partial charge on any atom is -0.380 e. The van der Waals surface area contributed by atoms with E-state index in [0.717, 1.165) is 10.0 Å². The Bertz CT molecular complexity index is 573. The van der Waals surface area contributed by atoms with Crippen molar-refractivity contribution in [1.29, 1.82) is 0 Å². The first kappa shape index (κ1) is 13.7. The number of anilines is 1. The Hall–Kier alpha value is -0.770. The van der Waals surface area contributed by atoms with E-state index in [1.54, 1.807) is 12.1 Å². The van der Waals surface area contributed by atoms with E-state index < -0.39 is 0 Å². The van der Waals surface area contributed by atoms with Crippen LogP contribution < -0.4 is 5.32 Å². The van der Waals surface area contributed by atoms with Gasteiger partial charge in [-0.25, -0.2) is 4.39 Å². The van der Waals surface area contributed by atoms with E-state index in [1.165, 1.54) is 12.1 Å². The first-order chi connectivity index (χ1) is 8.58. The summed E-state index contributed by atoms with van der Waals surface area (Å²) in [5.41, 5.74) is 1.53. The Labute approximate surface area is 123 Å². The summed E-state index contributed by atoms with van der Waals surface area (Å²) in [5.74, 6) is -0.294. The van der Waals surface area contributed by atoms with Crippen LogP contribution in [-0.4, -0.2) is 0 Å². The van der Waals surface area contributed by atoms with Gasteiger partial charge in [-0.1, -0.05) is 35.3 Å². The molecule has 18 heavy (non-hydrogen) atoms. The molecule has 0 radical (unpaired) electrons. The number of benzene rings is 2. The molecule has 0 saturated heterocycles. The lowest BCUT2D eigenvalue weighted by molar-refractivity contribution is 0.628. The molecule has 0 fully saturated rings. The Morgan fingerprint density at radius 3 is 2.72 bits per heavy atom. The molecule has 0 heterocycles. The summed E-state index contributed by atoms with van der Waals surface area (Å²) in [7, 11) is 0. The molecule has 1 nitrogen and oxygen atoms in total. The molecule has 0 spiro atoms. The van der Waals surface area contributed by atoms with Gasteiger partial charge < -0.3 is 5.32 Å². The van der Waals surface area contributed by atoms with Crippen molar-refractivity contribution in [3.05, 3.63) is 62.3 Å². The molecular weight excluding hydrogens is 340 g/mol. The minimum atomic E-state index is -0.294. The fraction of sp³-hybridized carbons (Fsp3) is 0.0769. The van der Waals surface area contributed by atoms with Crippen molar-refractivity contribution in [3.8, 4) is 0 Å². The van der Waals surface area contributed by atoms with Gasteiger partial charge in [0.05, 0.1) is 15.7 Å². The highest BCUT2D eigenvalue weighted by Crippen LogP contribution is 2.28. The average molecular weight is 349 g/mol. The largest absolute Gasteiger partial charge is 0.380 e. The molecule has 0 amide bonds. The van der Waals surface area contributed by atoms with Crippen molar-refractivity contribution in [1.82, 2.24) is 0 Å². The highest BCUT2D eigenvalue weighted by atomic mass is 79.9. The van der Waals surface area contributed by atoms with Gasteiger partial charge >= 0.3 is 0 Å². The number of halogens is 4. The number of rotatable bonds is 3. The van der Waals surface area contributed by atoms with E-state index in [9.17, 15) is 4.39 Å². The van der Waals surface area contributed by atoms with Crippen LogP contribution >= 0.6 is 39.1 Å². The summed E-state index contributed by atoms with van der Waals surface area (Å²) in [4.78, 5) is 0. The summed E-state index contributed by atoms with van der Waals surface area (Å²) in [6, 6.07) is 9.88. The standard InChI is InChI=1S/C13H9BrCl2FN/c14-10-5-4-9(17)6-12(10)18-7-8-2-1-3-11(15)13(8)16/h1-6,18H,7H2. The monoisotopic (exact) mass is 347 g/mol. The molecule has 0 aliphatic heterocycles. The summed E-state index contributed by atoms with van der Waals surface area (Å²) in [6.07, 6.45) is 0. The number of hydrogen-bond donors (Lipinski definition) is 1. The first-order valence-corrected chi connectivity index (χ1v) is 6.74. The van der Waals surface area contributed by atoms with Gasteiger partial charge in [-0.2, -0.15) is 0 Å². The highest BCUT2D eigenvalue weighted by Gasteiger charge is 2.06. The lowest BCUT2D eigenvalue weighted by Gasteiger charge is -2.10. The number of hydrogen-bond acceptors (Lipinski definition) is 1. The van der Waals surface area contributed by atoms with Crippen LogP contribution in [0, 0.1) is 5.82 Å². The summed E-state index contributed by atoms with van der Waals surface area (Å²) >= 11 is 15.3. The maximum atomic E-state index is 13.1. The van der Waals surface area contributed by atoms with Crippen molar-refractivity contribution in [2.75, 3.05) is 5.32 Å². The molecule has 0 unspecified atom stereocenters. The molecule has 0 aliphatic carbocycles. The van der Waals surface area contributed by atoms with E-state index in [-0.39, 0.29) is 5.82 Å². The fourth-order valence-electron chi connectivity index (χ4n) is 1.51. The Kier molecular flexibility index (Phi) is 4.49. The topological polar surface area (TPSA) is 12.0 Å². The molecule has 0 bridgehead atoms. The molecule has 2 aromatic carbocycles. The molecule has 0 aliphatic rings. The minimum absolute atomic E-state index is 0.294. The van der Waals surface area contributed by atoms with Crippen molar-refractivity contribution in [2.24, 2.45) is 0 Å². The van der Waals surface area contributed by atoms with Crippen LogP contribution in [0.1, 0.15) is 5.56 Å².